The maximum Gasteiger partial charge on any atom is -0.0122 e. The van der Waals surface area contributed by atoms with Gasteiger partial charge in [-0.25, -0.2) is 0 Å². The van der Waals surface area contributed by atoms with Crippen LogP contribution in [-0.4, -0.2) is 0 Å². The normalized spacial score (nSPS) is 34.1. The van der Waals surface area contributed by atoms with Crippen molar-refractivity contribution in [2.24, 2.45) is 23.7 Å². The summed E-state index contributed by atoms with van der Waals surface area (Å²) in [6.07, 6.45) is 0. The Labute approximate surface area is 138 Å². The van der Waals surface area contributed by atoms with E-state index >= 15 is 0 Å². The van der Waals surface area contributed by atoms with E-state index in [-0.39, 0.29) is 0 Å². The van der Waals surface area contributed by atoms with Gasteiger partial charge in [0.2, 0.25) is 0 Å². The number of hydrogen-bond donors (Lipinski definition) is 0. The van der Waals surface area contributed by atoms with Crippen LogP contribution < -0.4 is 0 Å². The molecule has 0 aromatic rings. The van der Waals surface area contributed by atoms with Gasteiger partial charge in [-0.05, 0) is 98.7 Å². The maximum atomic E-state index is 2.43. The lowest BCUT2D eigenvalue weighted by Gasteiger charge is -2.40. The molecule has 2 aliphatic rings. The van der Waals surface area contributed by atoms with Crippen molar-refractivity contribution in [2.45, 2.75) is 69.2 Å². The molecule has 0 heterocycles. The molecule has 0 fully saturated rings. The third-order valence-corrected chi connectivity index (χ3v) is 7.18. The smallest absolute Gasteiger partial charge is 0.0122 e. The molecule has 22 heavy (non-hydrogen) atoms. The molecule has 0 N–H and O–H groups in total. The van der Waals surface area contributed by atoms with Gasteiger partial charge < -0.3 is 0 Å². The molecule has 0 aromatic carbocycles. The van der Waals surface area contributed by atoms with Crippen LogP contribution in [0.5, 0.6) is 0 Å². The lowest BCUT2D eigenvalue weighted by molar-refractivity contribution is 0.443. The first-order valence-electron chi connectivity index (χ1n) is 8.88. The summed E-state index contributed by atoms with van der Waals surface area (Å²) in [5.41, 5.74) is 12.5. The van der Waals surface area contributed by atoms with Crippen LogP contribution in [0.2, 0.25) is 0 Å². The van der Waals surface area contributed by atoms with Crippen LogP contribution in [0, 0.1) is 23.7 Å². The van der Waals surface area contributed by atoms with Gasteiger partial charge in [0, 0.05) is 0 Å². The predicted octanol–water partition coefficient (Wildman–Crippen LogP) is 6.86. The molecule has 0 saturated carbocycles. The summed E-state index contributed by atoms with van der Waals surface area (Å²) in [6.45, 7) is 23.6. The fourth-order valence-corrected chi connectivity index (χ4v) is 4.51. The monoisotopic (exact) mass is 298 g/mol. The quantitative estimate of drug-likeness (QED) is 0.496. The summed E-state index contributed by atoms with van der Waals surface area (Å²) < 4.78 is 0. The number of rotatable bonds is 1. The Bertz CT molecular complexity index is 562. The molecule has 0 aliphatic heterocycles. The van der Waals surface area contributed by atoms with Gasteiger partial charge in [-0.15, -0.1) is 0 Å². The highest BCUT2D eigenvalue weighted by atomic mass is 14.4. The third-order valence-electron chi connectivity index (χ3n) is 7.18. The van der Waals surface area contributed by atoms with Crippen molar-refractivity contribution in [2.75, 3.05) is 0 Å². The van der Waals surface area contributed by atoms with E-state index < -0.39 is 0 Å². The highest BCUT2D eigenvalue weighted by Gasteiger charge is 2.35. The van der Waals surface area contributed by atoms with Crippen molar-refractivity contribution in [3.63, 3.8) is 0 Å². The van der Waals surface area contributed by atoms with E-state index in [4.69, 9.17) is 0 Å². The van der Waals surface area contributed by atoms with E-state index in [0.29, 0.717) is 23.7 Å². The Hall–Kier alpha value is -1.04. The first-order valence-corrected chi connectivity index (χ1v) is 8.88. The van der Waals surface area contributed by atoms with Gasteiger partial charge in [0.25, 0.3) is 0 Å². The van der Waals surface area contributed by atoms with Crippen molar-refractivity contribution in [1.29, 1.82) is 0 Å². The number of allylic oxidation sites excluding steroid dienone is 8. The van der Waals surface area contributed by atoms with E-state index in [2.05, 4.69) is 69.2 Å². The van der Waals surface area contributed by atoms with E-state index in [1.54, 1.807) is 22.3 Å². The van der Waals surface area contributed by atoms with Gasteiger partial charge in [-0.2, -0.15) is 0 Å². The van der Waals surface area contributed by atoms with Gasteiger partial charge in [0.1, 0.15) is 0 Å². The van der Waals surface area contributed by atoms with Crippen LogP contribution in [-0.2, 0) is 0 Å². The molecule has 0 radical (unpaired) electrons. The van der Waals surface area contributed by atoms with Crippen molar-refractivity contribution < 1.29 is 0 Å². The highest BCUT2D eigenvalue weighted by Crippen LogP contribution is 2.48. The van der Waals surface area contributed by atoms with Crippen molar-refractivity contribution in [3.8, 4) is 0 Å². The topological polar surface area (TPSA) is 0 Å². The Morgan fingerprint density at radius 2 is 0.682 bits per heavy atom. The van der Waals surface area contributed by atoms with Crippen LogP contribution in [0.15, 0.2) is 44.6 Å². The van der Waals surface area contributed by atoms with E-state index in [0.717, 1.165) is 0 Å². The zero-order valence-electron chi connectivity index (χ0n) is 16.3. The molecule has 2 aliphatic carbocycles. The minimum absolute atomic E-state index is 0.620. The van der Waals surface area contributed by atoms with Crippen molar-refractivity contribution in [1.82, 2.24) is 0 Å². The number of hydrogen-bond acceptors (Lipinski definition) is 0. The summed E-state index contributed by atoms with van der Waals surface area (Å²) in [5, 5.41) is 0. The lowest BCUT2D eigenvalue weighted by atomic mass is 9.64. The van der Waals surface area contributed by atoms with Crippen molar-refractivity contribution in [3.05, 3.63) is 44.6 Å². The van der Waals surface area contributed by atoms with Crippen LogP contribution in [0.1, 0.15) is 69.2 Å². The zero-order valence-corrected chi connectivity index (χ0v) is 16.3. The van der Waals surface area contributed by atoms with Crippen LogP contribution >= 0.6 is 0 Å². The molecule has 0 heteroatoms. The molecular weight excluding hydrogens is 264 g/mol. The largest absolute Gasteiger partial charge is 0.0667 e. The van der Waals surface area contributed by atoms with Gasteiger partial charge >= 0.3 is 0 Å². The highest BCUT2D eigenvalue weighted by molar-refractivity contribution is 5.57. The second-order valence-corrected chi connectivity index (χ2v) is 7.85. The Morgan fingerprint density at radius 3 is 0.955 bits per heavy atom. The zero-order chi connectivity index (χ0) is 16.9. The van der Waals surface area contributed by atoms with E-state index in [1.165, 1.54) is 22.3 Å². The Kier molecular flexibility index (Phi) is 4.62. The molecule has 0 spiro atoms. The summed E-state index contributed by atoms with van der Waals surface area (Å²) in [5.74, 6) is 2.53. The van der Waals surface area contributed by atoms with Crippen LogP contribution in [0.3, 0.4) is 0 Å². The molecule has 0 amide bonds. The molecule has 4 unspecified atom stereocenters. The molecule has 2 rings (SSSR count). The average molecular weight is 299 g/mol. The van der Waals surface area contributed by atoms with Gasteiger partial charge in [-0.3, -0.25) is 0 Å². The minimum atomic E-state index is 0.620. The first kappa shape index (κ1) is 17.3. The fraction of sp³-hybridized carbons (Fsp3) is 0.636. The third kappa shape index (κ3) is 2.36. The fourth-order valence-electron chi connectivity index (χ4n) is 4.51. The predicted molar refractivity (Wildman–Crippen MR) is 98.8 cm³/mol. The Morgan fingerprint density at radius 1 is 0.409 bits per heavy atom. The maximum absolute atomic E-state index is 2.43. The van der Waals surface area contributed by atoms with Gasteiger partial charge in [0.05, 0.1) is 0 Å². The average Bonchev–Trinajstić information content (AvgIpc) is 2.50. The molecule has 0 nitrogen and oxygen atoms in total. The first-order chi connectivity index (χ1) is 10.1. The molecule has 4 atom stereocenters. The van der Waals surface area contributed by atoms with E-state index in [1.807, 2.05) is 0 Å². The molecule has 0 aromatic heterocycles. The molecule has 0 bridgehead atoms. The standard InChI is InChI=1S/C22H34/c1-11-13(3)17(7)21(18(8)14(11)4)22-19(9)15(5)12(2)16(6)20(22)10/h13,15,17,19H,1-10H3. The summed E-state index contributed by atoms with van der Waals surface area (Å²) in [7, 11) is 0. The van der Waals surface area contributed by atoms with Crippen LogP contribution in [0.25, 0.3) is 0 Å². The van der Waals surface area contributed by atoms with Crippen molar-refractivity contribution >= 4 is 0 Å². The van der Waals surface area contributed by atoms with Gasteiger partial charge in [0.15, 0.2) is 0 Å². The second-order valence-electron chi connectivity index (χ2n) is 7.85. The summed E-state index contributed by atoms with van der Waals surface area (Å²) in [4.78, 5) is 0. The van der Waals surface area contributed by atoms with E-state index in [9.17, 15) is 0 Å². The van der Waals surface area contributed by atoms with Crippen LogP contribution in [0.4, 0.5) is 0 Å². The second kappa shape index (κ2) is 5.87. The lowest BCUT2D eigenvalue weighted by Crippen LogP contribution is -2.27. The minimum Gasteiger partial charge on any atom is -0.0667 e. The SMILES string of the molecule is CC1=C(C)C(C)C(C)C(C2=C(C)C(C)=C(C)C(C)C2C)=C1C. The summed E-state index contributed by atoms with van der Waals surface area (Å²) in [6, 6.07) is 0. The summed E-state index contributed by atoms with van der Waals surface area (Å²) >= 11 is 0. The molecule has 0 saturated heterocycles. The molecule has 122 valence electrons. The molecular formula is C22H34. The Balaban J connectivity index is 2.73. The van der Waals surface area contributed by atoms with Gasteiger partial charge in [-0.1, -0.05) is 38.8 Å².